The van der Waals surface area contributed by atoms with Crippen molar-refractivity contribution >= 4 is 5.91 Å². The van der Waals surface area contributed by atoms with Gasteiger partial charge in [0.15, 0.2) is 0 Å². The molecule has 126 valence electrons. The third-order valence-corrected chi connectivity index (χ3v) is 3.81. The SMILES string of the molecule is CC(C)CN1Cc2cc(-c3cnc(C(F)(F)F)nc3)ccc2C1=O. The average Bonchev–Trinajstić information content (AvgIpc) is 2.81. The van der Waals surface area contributed by atoms with Gasteiger partial charge in [-0.3, -0.25) is 4.79 Å². The molecule has 0 unspecified atom stereocenters. The van der Waals surface area contributed by atoms with Gasteiger partial charge in [0.25, 0.3) is 5.91 Å². The van der Waals surface area contributed by atoms with Gasteiger partial charge in [-0.05, 0) is 29.2 Å². The number of nitrogens with zero attached hydrogens (tertiary/aromatic N) is 3. The van der Waals surface area contributed by atoms with E-state index in [-0.39, 0.29) is 5.91 Å². The second-order valence-corrected chi connectivity index (χ2v) is 6.24. The first-order valence-electron chi connectivity index (χ1n) is 7.57. The summed E-state index contributed by atoms with van der Waals surface area (Å²) in [7, 11) is 0. The summed E-state index contributed by atoms with van der Waals surface area (Å²) in [5, 5.41) is 0. The molecule has 24 heavy (non-hydrogen) atoms. The summed E-state index contributed by atoms with van der Waals surface area (Å²) in [6, 6.07) is 5.24. The van der Waals surface area contributed by atoms with E-state index >= 15 is 0 Å². The maximum Gasteiger partial charge on any atom is 0.451 e. The molecule has 0 atom stereocenters. The molecule has 1 amide bonds. The zero-order valence-corrected chi connectivity index (χ0v) is 13.3. The van der Waals surface area contributed by atoms with Gasteiger partial charge in [0.05, 0.1) is 0 Å². The first-order chi connectivity index (χ1) is 11.3. The van der Waals surface area contributed by atoms with Gasteiger partial charge in [-0.1, -0.05) is 19.9 Å². The van der Waals surface area contributed by atoms with Gasteiger partial charge >= 0.3 is 6.18 Å². The number of fused-ring (bicyclic) bond motifs is 1. The van der Waals surface area contributed by atoms with E-state index in [1.54, 1.807) is 17.0 Å². The van der Waals surface area contributed by atoms with Crippen molar-refractivity contribution in [2.24, 2.45) is 5.92 Å². The Hall–Kier alpha value is -2.44. The highest BCUT2D eigenvalue weighted by molar-refractivity contribution is 5.99. The summed E-state index contributed by atoms with van der Waals surface area (Å²) in [5.74, 6) is -0.800. The van der Waals surface area contributed by atoms with E-state index in [1.807, 2.05) is 19.9 Å². The number of benzene rings is 1. The van der Waals surface area contributed by atoms with Gasteiger partial charge in [0.2, 0.25) is 5.82 Å². The molecule has 1 aromatic carbocycles. The summed E-state index contributed by atoms with van der Waals surface area (Å²) in [4.78, 5) is 20.8. The third kappa shape index (κ3) is 3.11. The molecule has 0 N–H and O–H groups in total. The minimum absolute atomic E-state index is 0.00563. The molecule has 4 nitrogen and oxygen atoms in total. The molecule has 0 aliphatic carbocycles. The van der Waals surface area contributed by atoms with Gasteiger partial charge in [-0.2, -0.15) is 13.2 Å². The first-order valence-corrected chi connectivity index (χ1v) is 7.57. The summed E-state index contributed by atoms with van der Waals surface area (Å²) in [5.41, 5.74) is 2.70. The lowest BCUT2D eigenvalue weighted by atomic mass is 10.0. The molecule has 0 radical (unpaired) electrons. The van der Waals surface area contributed by atoms with Crippen LogP contribution in [-0.4, -0.2) is 27.3 Å². The van der Waals surface area contributed by atoms with E-state index in [9.17, 15) is 18.0 Å². The van der Waals surface area contributed by atoms with Crippen molar-refractivity contribution in [3.63, 3.8) is 0 Å². The van der Waals surface area contributed by atoms with Crippen LogP contribution >= 0.6 is 0 Å². The van der Waals surface area contributed by atoms with Crippen LogP contribution in [0.2, 0.25) is 0 Å². The van der Waals surface area contributed by atoms with Crippen LogP contribution in [0.15, 0.2) is 30.6 Å². The minimum Gasteiger partial charge on any atom is -0.334 e. The molecule has 1 aliphatic heterocycles. The van der Waals surface area contributed by atoms with Gasteiger partial charge < -0.3 is 4.90 Å². The Kier molecular flexibility index (Phi) is 4.03. The fourth-order valence-corrected chi connectivity index (χ4v) is 2.77. The minimum atomic E-state index is -4.56. The van der Waals surface area contributed by atoms with Crippen molar-refractivity contribution in [3.05, 3.63) is 47.5 Å². The van der Waals surface area contributed by atoms with Crippen LogP contribution < -0.4 is 0 Å². The van der Waals surface area contributed by atoms with Gasteiger partial charge in [0.1, 0.15) is 0 Å². The predicted molar refractivity (Wildman–Crippen MR) is 82.0 cm³/mol. The number of carbonyl (C=O) groups is 1. The molecule has 0 fully saturated rings. The normalized spacial score (nSPS) is 14.4. The molecule has 3 rings (SSSR count). The van der Waals surface area contributed by atoms with Crippen molar-refractivity contribution < 1.29 is 18.0 Å². The smallest absolute Gasteiger partial charge is 0.334 e. The summed E-state index contributed by atoms with van der Waals surface area (Å²) in [6.07, 6.45) is -2.25. The van der Waals surface area contributed by atoms with Crippen molar-refractivity contribution in [1.29, 1.82) is 0 Å². The second-order valence-electron chi connectivity index (χ2n) is 6.24. The van der Waals surface area contributed by atoms with E-state index in [0.717, 1.165) is 18.0 Å². The highest BCUT2D eigenvalue weighted by Crippen LogP contribution is 2.30. The molecule has 0 bridgehead atoms. The Morgan fingerprint density at radius 2 is 1.83 bits per heavy atom. The highest BCUT2D eigenvalue weighted by Gasteiger charge is 2.34. The average molecular weight is 335 g/mol. The monoisotopic (exact) mass is 335 g/mol. The molecular formula is C17H16F3N3O. The molecule has 0 spiro atoms. The molecular weight excluding hydrogens is 319 g/mol. The van der Waals surface area contributed by atoms with Crippen molar-refractivity contribution in [2.45, 2.75) is 26.6 Å². The lowest BCUT2D eigenvalue weighted by Crippen LogP contribution is -2.27. The zero-order valence-electron chi connectivity index (χ0n) is 13.3. The second kappa shape index (κ2) is 5.89. The van der Waals surface area contributed by atoms with Crippen LogP contribution in [0.4, 0.5) is 13.2 Å². The summed E-state index contributed by atoms with van der Waals surface area (Å²) < 4.78 is 37.6. The van der Waals surface area contributed by atoms with Gasteiger partial charge in [-0.25, -0.2) is 9.97 Å². The van der Waals surface area contributed by atoms with Crippen molar-refractivity contribution in [3.8, 4) is 11.1 Å². The van der Waals surface area contributed by atoms with Crippen LogP contribution in [0.3, 0.4) is 0 Å². The van der Waals surface area contributed by atoms with Crippen molar-refractivity contribution in [1.82, 2.24) is 14.9 Å². The molecule has 1 aromatic heterocycles. The van der Waals surface area contributed by atoms with Gasteiger partial charge in [-0.15, -0.1) is 0 Å². The molecule has 1 aliphatic rings. The fraction of sp³-hybridized carbons (Fsp3) is 0.353. The summed E-state index contributed by atoms with van der Waals surface area (Å²) >= 11 is 0. The molecule has 2 aromatic rings. The van der Waals surface area contributed by atoms with Crippen molar-refractivity contribution in [2.75, 3.05) is 6.54 Å². The number of carbonyl (C=O) groups excluding carboxylic acids is 1. The Morgan fingerprint density at radius 3 is 2.42 bits per heavy atom. The van der Waals surface area contributed by atoms with E-state index in [2.05, 4.69) is 9.97 Å². The molecule has 7 heteroatoms. The van der Waals surface area contributed by atoms with E-state index in [1.165, 1.54) is 0 Å². The van der Waals surface area contributed by atoms with E-state index in [0.29, 0.717) is 35.7 Å². The quantitative estimate of drug-likeness (QED) is 0.858. The number of aromatic nitrogens is 2. The highest BCUT2D eigenvalue weighted by atomic mass is 19.4. The Morgan fingerprint density at radius 1 is 1.17 bits per heavy atom. The maximum atomic E-state index is 12.5. The standard InChI is InChI=1S/C17H16F3N3O/c1-10(2)8-23-9-12-5-11(3-4-14(12)15(23)24)13-6-21-16(22-7-13)17(18,19)20/h3-7,10H,8-9H2,1-2H3. The number of hydrogen-bond donors (Lipinski definition) is 0. The Balaban J connectivity index is 1.87. The van der Waals surface area contributed by atoms with Crippen LogP contribution in [-0.2, 0) is 12.7 Å². The van der Waals surface area contributed by atoms with Crippen LogP contribution in [0, 0.1) is 5.92 Å². The van der Waals surface area contributed by atoms with Crippen LogP contribution in [0.25, 0.3) is 11.1 Å². The number of hydrogen-bond acceptors (Lipinski definition) is 3. The number of amides is 1. The third-order valence-electron chi connectivity index (χ3n) is 3.81. The van der Waals surface area contributed by atoms with Gasteiger partial charge in [0, 0.05) is 36.6 Å². The fourth-order valence-electron chi connectivity index (χ4n) is 2.77. The Labute approximate surface area is 137 Å². The lowest BCUT2D eigenvalue weighted by molar-refractivity contribution is -0.144. The Bertz CT molecular complexity index is 770. The molecule has 2 heterocycles. The van der Waals surface area contributed by atoms with Crippen LogP contribution in [0.1, 0.15) is 35.6 Å². The van der Waals surface area contributed by atoms with Crippen LogP contribution in [0.5, 0.6) is 0 Å². The zero-order chi connectivity index (χ0) is 17.5. The summed E-state index contributed by atoms with van der Waals surface area (Å²) in [6.45, 7) is 5.27. The first kappa shape index (κ1) is 16.4. The number of alkyl halides is 3. The number of rotatable bonds is 3. The largest absolute Gasteiger partial charge is 0.451 e. The maximum absolute atomic E-state index is 12.5. The van der Waals surface area contributed by atoms with E-state index in [4.69, 9.17) is 0 Å². The molecule has 0 saturated carbocycles. The lowest BCUT2D eigenvalue weighted by Gasteiger charge is -2.17. The predicted octanol–water partition coefficient (Wildman–Crippen LogP) is 3.77. The number of halogens is 3. The van der Waals surface area contributed by atoms with E-state index < -0.39 is 12.0 Å². The topological polar surface area (TPSA) is 46.1 Å². The molecule has 0 saturated heterocycles.